The van der Waals surface area contributed by atoms with Crippen LogP contribution >= 0.6 is 11.3 Å². The highest BCUT2D eigenvalue weighted by Gasteiger charge is 2.17. The van der Waals surface area contributed by atoms with Crippen LogP contribution in [0.15, 0.2) is 48.5 Å². The average Bonchev–Trinajstić information content (AvgIpc) is 2.91. The number of thiophene rings is 1. The number of aromatic carboxylic acids is 1. The minimum Gasteiger partial charge on any atom is -0.478 e. The third-order valence-corrected chi connectivity index (χ3v) is 4.50. The van der Waals surface area contributed by atoms with Crippen molar-refractivity contribution in [2.75, 3.05) is 5.32 Å². The second-order valence-electron chi connectivity index (χ2n) is 4.91. The van der Waals surface area contributed by atoms with Crippen molar-refractivity contribution in [2.45, 2.75) is 6.92 Å². The first kappa shape index (κ1) is 14.3. The van der Waals surface area contributed by atoms with E-state index in [-0.39, 0.29) is 11.5 Å². The number of rotatable bonds is 3. The number of carboxylic acids is 1. The van der Waals surface area contributed by atoms with E-state index in [2.05, 4.69) is 5.32 Å². The first-order chi connectivity index (χ1) is 10.6. The molecule has 0 saturated heterocycles. The van der Waals surface area contributed by atoms with E-state index in [4.69, 9.17) is 0 Å². The van der Waals surface area contributed by atoms with Crippen molar-refractivity contribution in [3.8, 4) is 0 Å². The molecule has 1 amide bonds. The molecule has 5 heteroatoms. The minimum atomic E-state index is -1.05. The quantitative estimate of drug-likeness (QED) is 0.763. The van der Waals surface area contributed by atoms with Crippen molar-refractivity contribution >= 4 is 39.0 Å². The molecule has 3 rings (SSSR count). The number of amides is 1. The van der Waals surface area contributed by atoms with Gasteiger partial charge in [-0.05, 0) is 36.1 Å². The monoisotopic (exact) mass is 311 g/mol. The fourth-order valence-electron chi connectivity index (χ4n) is 2.33. The summed E-state index contributed by atoms with van der Waals surface area (Å²) in [5.74, 6) is -1.35. The Kier molecular flexibility index (Phi) is 3.65. The number of hydrogen-bond donors (Lipinski definition) is 2. The lowest BCUT2D eigenvalue weighted by molar-refractivity contribution is 0.0697. The Morgan fingerprint density at radius 2 is 1.86 bits per heavy atom. The zero-order valence-electron chi connectivity index (χ0n) is 11.8. The number of benzene rings is 2. The maximum absolute atomic E-state index is 12.4. The van der Waals surface area contributed by atoms with Gasteiger partial charge in [0.05, 0.1) is 16.1 Å². The summed E-state index contributed by atoms with van der Waals surface area (Å²) in [7, 11) is 0. The number of anilines is 1. The SMILES string of the molecule is Cc1cccc(NC(=O)c2cc3ccccc3s2)c1C(=O)O. The molecule has 22 heavy (non-hydrogen) atoms. The average molecular weight is 311 g/mol. The predicted molar refractivity (Wildman–Crippen MR) is 87.9 cm³/mol. The number of nitrogens with one attached hydrogen (secondary N) is 1. The third-order valence-electron chi connectivity index (χ3n) is 3.38. The first-order valence-electron chi connectivity index (χ1n) is 6.69. The van der Waals surface area contributed by atoms with Crippen molar-refractivity contribution in [1.29, 1.82) is 0 Å². The highest BCUT2D eigenvalue weighted by molar-refractivity contribution is 7.20. The van der Waals surface area contributed by atoms with Gasteiger partial charge in [-0.3, -0.25) is 4.79 Å². The molecule has 0 aliphatic carbocycles. The molecule has 4 nitrogen and oxygen atoms in total. The van der Waals surface area contributed by atoms with Crippen LogP contribution in [-0.2, 0) is 0 Å². The van der Waals surface area contributed by atoms with Crippen molar-refractivity contribution in [2.24, 2.45) is 0 Å². The lowest BCUT2D eigenvalue weighted by Crippen LogP contribution is -2.14. The van der Waals surface area contributed by atoms with E-state index in [1.54, 1.807) is 25.1 Å². The molecule has 0 atom stereocenters. The van der Waals surface area contributed by atoms with Crippen molar-refractivity contribution in [1.82, 2.24) is 0 Å². The van der Waals surface area contributed by atoms with Crippen LogP contribution in [0.5, 0.6) is 0 Å². The molecule has 0 radical (unpaired) electrons. The number of fused-ring (bicyclic) bond motifs is 1. The molecule has 0 aliphatic heterocycles. The first-order valence-corrected chi connectivity index (χ1v) is 7.51. The zero-order chi connectivity index (χ0) is 15.7. The maximum Gasteiger partial charge on any atom is 0.338 e. The second kappa shape index (κ2) is 5.61. The summed E-state index contributed by atoms with van der Waals surface area (Å²) in [5.41, 5.74) is 1.05. The molecule has 1 aromatic heterocycles. The summed E-state index contributed by atoms with van der Waals surface area (Å²) in [6.45, 7) is 1.71. The largest absolute Gasteiger partial charge is 0.478 e. The summed E-state index contributed by atoms with van der Waals surface area (Å²) in [5, 5.41) is 13.0. The lowest BCUT2D eigenvalue weighted by atomic mass is 10.1. The van der Waals surface area contributed by atoms with Gasteiger partial charge in [-0.2, -0.15) is 0 Å². The fraction of sp³-hybridized carbons (Fsp3) is 0.0588. The van der Waals surface area contributed by atoms with Crippen molar-refractivity contribution < 1.29 is 14.7 Å². The third kappa shape index (κ3) is 2.58. The number of carboxylic acid groups (broad SMARTS) is 1. The topological polar surface area (TPSA) is 66.4 Å². The molecule has 0 saturated carbocycles. The van der Waals surface area contributed by atoms with Crippen LogP contribution in [0, 0.1) is 6.92 Å². The van der Waals surface area contributed by atoms with Gasteiger partial charge in [0.2, 0.25) is 0 Å². The van der Waals surface area contributed by atoms with E-state index in [1.807, 2.05) is 30.3 Å². The number of hydrogen-bond acceptors (Lipinski definition) is 3. The Bertz CT molecular complexity index is 849. The molecule has 0 fully saturated rings. The van der Waals surface area contributed by atoms with Gasteiger partial charge in [0.15, 0.2) is 0 Å². The Labute approximate surface area is 131 Å². The highest BCUT2D eigenvalue weighted by Crippen LogP contribution is 2.27. The molecule has 3 aromatic rings. The molecule has 2 N–H and O–H groups in total. The number of aryl methyl sites for hydroxylation is 1. The lowest BCUT2D eigenvalue weighted by Gasteiger charge is -2.09. The van der Waals surface area contributed by atoms with Crippen LogP contribution in [-0.4, -0.2) is 17.0 Å². The van der Waals surface area contributed by atoms with Crippen LogP contribution in [0.1, 0.15) is 25.6 Å². The molecule has 0 spiro atoms. The molecule has 0 aliphatic rings. The van der Waals surface area contributed by atoms with Crippen LogP contribution in [0.4, 0.5) is 5.69 Å². The number of carbonyl (C=O) groups excluding carboxylic acids is 1. The molecular weight excluding hydrogens is 298 g/mol. The second-order valence-corrected chi connectivity index (χ2v) is 5.99. The Balaban J connectivity index is 1.94. The van der Waals surface area contributed by atoms with Gasteiger partial charge in [0.1, 0.15) is 0 Å². The summed E-state index contributed by atoms with van der Waals surface area (Å²) in [6.07, 6.45) is 0. The molecule has 1 heterocycles. The van der Waals surface area contributed by atoms with Gasteiger partial charge in [-0.25, -0.2) is 4.79 Å². The van der Waals surface area contributed by atoms with Crippen molar-refractivity contribution in [3.63, 3.8) is 0 Å². The van der Waals surface area contributed by atoms with Gasteiger partial charge in [0, 0.05) is 4.70 Å². The van der Waals surface area contributed by atoms with E-state index in [9.17, 15) is 14.7 Å². The van der Waals surface area contributed by atoms with Gasteiger partial charge >= 0.3 is 5.97 Å². The summed E-state index contributed by atoms with van der Waals surface area (Å²) in [6, 6.07) is 14.6. The summed E-state index contributed by atoms with van der Waals surface area (Å²) in [4.78, 5) is 24.3. The molecule has 0 bridgehead atoms. The predicted octanol–water partition coefficient (Wildman–Crippen LogP) is 4.16. The van der Waals surface area contributed by atoms with Gasteiger partial charge in [-0.1, -0.05) is 30.3 Å². The van der Waals surface area contributed by atoms with Crippen LogP contribution in [0.3, 0.4) is 0 Å². The Morgan fingerprint density at radius 3 is 2.59 bits per heavy atom. The van der Waals surface area contributed by atoms with E-state index in [0.29, 0.717) is 16.1 Å². The van der Waals surface area contributed by atoms with Gasteiger partial charge < -0.3 is 10.4 Å². The normalized spacial score (nSPS) is 10.6. The minimum absolute atomic E-state index is 0.122. The standard InChI is InChI=1S/C17H13NO3S/c1-10-5-4-7-12(15(10)17(20)21)18-16(19)14-9-11-6-2-3-8-13(11)22-14/h2-9H,1H3,(H,18,19)(H,20,21). The van der Waals surface area contributed by atoms with Crippen molar-refractivity contribution in [3.05, 3.63) is 64.5 Å². The Hall–Kier alpha value is -2.66. The van der Waals surface area contributed by atoms with Crippen LogP contribution in [0.2, 0.25) is 0 Å². The smallest absolute Gasteiger partial charge is 0.338 e. The van der Waals surface area contributed by atoms with E-state index in [1.165, 1.54) is 11.3 Å². The Morgan fingerprint density at radius 1 is 1.09 bits per heavy atom. The molecule has 2 aromatic carbocycles. The maximum atomic E-state index is 12.4. The summed E-state index contributed by atoms with van der Waals surface area (Å²) >= 11 is 1.38. The van der Waals surface area contributed by atoms with Crippen LogP contribution < -0.4 is 5.32 Å². The van der Waals surface area contributed by atoms with Gasteiger partial charge in [-0.15, -0.1) is 11.3 Å². The van der Waals surface area contributed by atoms with E-state index < -0.39 is 5.97 Å². The molecular formula is C17H13NO3S. The van der Waals surface area contributed by atoms with Gasteiger partial charge in [0.25, 0.3) is 5.91 Å². The number of carbonyl (C=O) groups is 2. The van der Waals surface area contributed by atoms with Crippen LogP contribution in [0.25, 0.3) is 10.1 Å². The zero-order valence-corrected chi connectivity index (χ0v) is 12.6. The molecule has 110 valence electrons. The van der Waals surface area contributed by atoms with E-state index >= 15 is 0 Å². The summed E-state index contributed by atoms with van der Waals surface area (Å²) < 4.78 is 1.02. The molecule has 0 unspecified atom stereocenters. The fourth-order valence-corrected chi connectivity index (χ4v) is 3.29. The van der Waals surface area contributed by atoms with E-state index in [0.717, 1.165) is 10.1 Å². The highest BCUT2D eigenvalue weighted by atomic mass is 32.1.